The van der Waals surface area contributed by atoms with Crippen LogP contribution in [0.2, 0.25) is 0 Å². The summed E-state index contributed by atoms with van der Waals surface area (Å²) < 4.78 is 33.3. The van der Waals surface area contributed by atoms with Crippen LogP contribution in [0, 0.1) is 11.8 Å². The van der Waals surface area contributed by atoms with Crippen LogP contribution in [0.4, 0.5) is 8.78 Å². The van der Waals surface area contributed by atoms with Crippen LogP contribution in [0.3, 0.4) is 0 Å². The first-order chi connectivity index (χ1) is 11.9. The Balaban J connectivity index is 1.80. The van der Waals surface area contributed by atoms with E-state index in [9.17, 15) is 18.4 Å². The minimum atomic E-state index is -2.92. The van der Waals surface area contributed by atoms with Gasteiger partial charge in [-0.1, -0.05) is 26.7 Å². The number of nitrogens with one attached hydrogen (secondary N) is 1. The quantitative estimate of drug-likeness (QED) is 0.795. The number of alkyl halides is 2. The van der Waals surface area contributed by atoms with Gasteiger partial charge in [0.15, 0.2) is 6.61 Å². The average Bonchev–Trinajstić information content (AvgIpc) is 2.57. The highest BCUT2D eigenvalue weighted by Crippen LogP contribution is 2.29. The molecule has 1 aromatic rings. The molecule has 0 saturated heterocycles. The van der Waals surface area contributed by atoms with E-state index in [1.54, 1.807) is 0 Å². The van der Waals surface area contributed by atoms with Gasteiger partial charge in [0.25, 0.3) is 5.91 Å². The lowest BCUT2D eigenvalue weighted by Gasteiger charge is -2.34. The largest absolute Gasteiger partial charge is 0.452 e. The summed E-state index contributed by atoms with van der Waals surface area (Å²) in [6.45, 7) is 0.992. The van der Waals surface area contributed by atoms with Gasteiger partial charge < -0.3 is 14.8 Å². The zero-order chi connectivity index (χ0) is 18.4. The molecule has 1 aromatic carbocycles. The minimum absolute atomic E-state index is 0.0512. The monoisotopic (exact) mass is 355 g/mol. The number of halogens is 2. The third-order valence-electron chi connectivity index (χ3n) is 4.70. The Labute approximate surface area is 145 Å². The Hall–Kier alpha value is -2.18. The average molecular weight is 355 g/mol. The van der Waals surface area contributed by atoms with Crippen molar-refractivity contribution in [1.82, 2.24) is 5.32 Å². The molecular formula is C18H23F2NO4. The molecule has 0 radical (unpaired) electrons. The molecule has 1 amide bonds. The van der Waals surface area contributed by atoms with Gasteiger partial charge >= 0.3 is 12.6 Å². The summed E-state index contributed by atoms with van der Waals surface area (Å²) in [6.07, 6.45) is 3.16. The Bertz CT molecular complexity index is 591. The minimum Gasteiger partial charge on any atom is -0.452 e. The Morgan fingerprint density at radius 3 is 2.52 bits per heavy atom. The summed E-state index contributed by atoms with van der Waals surface area (Å²) in [5.41, 5.74) is 0.161. The maximum atomic E-state index is 12.1. The van der Waals surface area contributed by atoms with Crippen molar-refractivity contribution in [2.24, 2.45) is 11.8 Å². The maximum absolute atomic E-state index is 12.1. The molecule has 5 nitrogen and oxygen atoms in total. The number of carbonyl (C=O) groups is 2. The van der Waals surface area contributed by atoms with E-state index in [4.69, 9.17) is 4.74 Å². The van der Waals surface area contributed by atoms with E-state index in [1.165, 1.54) is 24.3 Å². The predicted molar refractivity (Wildman–Crippen MR) is 87.5 cm³/mol. The molecule has 25 heavy (non-hydrogen) atoms. The van der Waals surface area contributed by atoms with Crippen molar-refractivity contribution >= 4 is 11.9 Å². The molecule has 0 heterocycles. The van der Waals surface area contributed by atoms with Crippen LogP contribution in [0.15, 0.2) is 24.3 Å². The Morgan fingerprint density at radius 2 is 1.88 bits per heavy atom. The van der Waals surface area contributed by atoms with Crippen LogP contribution >= 0.6 is 0 Å². The molecule has 1 aliphatic rings. The standard InChI is InChI=1S/C18H23F2NO4/c1-11-4-3-5-15(12(11)2)21-16(22)10-24-17(23)13-6-8-14(9-7-13)25-18(19)20/h6-9,11-12,15,18H,3-5,10H2,1-2H3,(H,21,22)/t11-,12+,15+/m0/s1. The first-order valence-electron chi connectivity index (χ1n) is 8.38. The molecule has 2 rings (SSSR count). The molecule has 7 heteroatoms. The molecular weight excluding hydrogens is 332 g/mol. The SMILES string of the molecule is C[C@@H]1[C@@H](C)CCC[C@H]1NC(=O)COC(=O)c1ccc(OC(F)F)cc1. The van der Waals surface area contributed by atoms with Gasteiger partial charge in [0.05, 0.1) is 5.56 Å². The number of hydrogen-bond donors (Lipinski definition) is 1. The van der Waals surface area contributed by atoms with Crippen molar-refractivity contribution < 1.29 is 27.8 Å². The van der Waals surface area contributed by atoms with Gasteiger partial charge in [-0.05, 0) is 42.5 Å². The lowest BCUT2D eigenvalue weighted by molar-refractivity contribution is -0.125. The summed E-state index contributed by atoms with van der Waals surface area (Å²) in [5.74, 6) is -0.142. The van der Waals surface area contributed by atoms with E-state index in [0.717, 1.165) is 19.3 Å². The summed E-state index contributed by atoms with van der Waals surface area (Å²) in [7, 11) is 0. The lowest BCUT2D eigenvalue weighted by atomic mass is 9.78. The van der Waals surface area contributed by atoms with Gasteiger partial charge in [-0.2, -0.15) is 8.78 Å². The van der Waals surface area contributed by atoms with Crippen molar-refractivity contribution in [2.75, 3.05) is 6.61 Å². The number of ether oxygens (including phenoxy) is 2. The van der Waals surface area contributed by atoms with Crippen LogP contribution in [0.1, 0.15) is 43.5 Å². The van der Waals surface area contributed by atoms with Crippen molar-refractivity contribution in [3.05, 3.63) is 29.8 Å². The van der Waals surface area contributed by atoms with Crippen molar-refractivity contribution in [1.29, 1.82) is 0 Å². The first-order valence-corrected chi connectivity index (χ1v) is 8.38. The second-order valence-electron chi connectivity index (χ2n) is 6.42. The highest BCUT2D eigenvalue weighted by molar-refractivity contribution is 5.91. The van der Waals surface area contributed by atoms with Gasteiger partial charge in [-0.3, -0.25) is 4.79 Å². The number of rotatable bonds is 6. The van der Waals surface area contributed by atoms with Gasteiger partial charge in [0.1, 0.15) is 5.75 Å². The Kier molecular flexibility index (Phi) is 6.73. The van der Waals surface area contributed by atoms with Gasteiger partial charge in [-0.15, -0.1) is 0 Å². The van der Waals surface area contributed by atoms with E-state index in [1.807, 2.05) is 0 Å². The highest BCUT2D eigenvalue weighted by Gasteiger charge is 2.28. The molecule has 138 valence electrons. The third-order valence-corrected chi connectivity index (χ3v) is 4.70. The zero-order valence-electron chi connectivity index (χ0n) is 14.3. The van der Waals surface area contributed by atoms with E-state index >= 15 is 0 Å². The van der Waals surface area contributed by atoms with E-state index < -0.39 is 12.6 Å². The van der Waals surface area contributed by atoms with Crippen molar-refractivity contribution in [2.45, 2.75) is 45.8 Å². The van der Waals surface area contributed by atoms with E-state index in [-0.39, 0.29) is 29.9 Å². The fraction of sp³-hybridized carbons (Fsp3) is 0.556. The first kappa shape index (κ1) is 19.1. The third kappa shape index (κ3) is 5.69. The van der Waals surface area contributed by atoms with E-state index in [0.29, 0.717) is 11.8 Å². The second-order valence-corrected chi connectivity index (χ2v) is 6.42. The molecule has 0 aliphatic heterocycles. The number of carbonyl (C=O) groups excluding carboxylic acids is 2. The molecule has 1 N–H and O–H groups in total. The number of amides is 1. The van der Waals surface area contributed by atoms with Crippen LogP contribution in [0.25, 0.3) is 0 Å². The number of esters is 1. The molecule has 1 saturated carbocycles. The number of benzene rings is 1. The van der Waals surface area contributed by atoms with Gasteiger partial charge in [0, 0.05) is 6.04 Å². The second kappa shape index (κ2) is 8.78. The van der Waals surface area contributed by atoms with E-state index in [2.05, 4.69) is 23.9 Å². The molecule has 0 aromatic heterocycles. The van der Waals surface area contributed by atoms with Crippen molar-refractivity contribution in [3.8, 4) is 5.75 Å². The topological polar surface area (TPSA) is 64.6 Å². The van der Waals surface area contributed by atoms with Crippen LogP contribution in [-0.4, -0.2) is 31.1 Å². The normalized spacial score (nSPS) is 23.2. The molecule has 1 fully saturated rings. The van der Waals surface area contributed by atoms with Gasteiger partial charge in [-0.25, -0.2) is 4.79 Å². The molecule has 3 atom stereocenters. The molecule has 0 unspecified atom stereocenters. The maximum Gasteiger partial charge on any atom is 0.387 e. The van der Waals surface area contributed by atoms with Crippen LogP contribution in [0.5, 0.6) is 5.75 Å². The van der Waals surface area contributed by atoms with Crippen molar-refractivity contribution in [3.63, 3.8) is 0 Å². The smallest absolute Gasteiger partial charge is 0.387 e. The predicted octanol–water partition coefficient (Wildman–Crippen LogP) is 3.39. The molecule has 1 aliphatic carbocycles. The lowest BCUT2D eigenvalue weighted by Crippen LogP contribution is -2.45. The fourth-order valence-electron chi connectivity index (χ4n) is 3.02. The Morgan fingerprint density at radius 1 is 1.20 bits per heavy atom. The van der Waals surface area contributed by atoms with Crippen LogP contribution < -0.4 is 10.1 Å². The summed E-state index contributed by atoms with van der Waals surface area (Å²) in [6, 6.07) is 5.20. The summed E-state index contributed by atoms with van der Waals surface area (Å²) >= 11 is 0. The fourth-order valence-corrected chi connectivity index (χ4v) is 3.02. The molecule has 0 spiro atoms. The highest BCUT2D eigenvalue weighted by atomic mass is 19.3. The summed E-state index contributed by atoms with van der Waals surface area (Å²) in [4.78, 5) is 23.9. The zero-order valence-corrected chi connectivity index (χ0v) is 14.3. The molecule has 0 bridgehead atoms. The van der Waals surface area contributed by atoms with Crippen LogP contribution in [-0.2, 0) is 9.53 Å². The van der Waals surface area contributed by atoms with Gasteiger partial charge in [0.2, 0.25) is 0 Å². The number of hydrogen-bond acceptors (Lipinski definition) is 4. The summed E-state index contributed by atoms with van der Waals surface area (Å²) in [5, 5.41) is 2.92.